The molecule has 0 bridgehead atoms. The molecule has 7 heteroatoms. The van der Waals surface area contributed by atoms with Crippen LogP contribution in [0.5, 0.6) is 11.5 Å². The third-order valence-corrected chi connectivity index (χ3v) is 3.14. The van der Waals surface area contributed by atoms with E-state index in [1.807, 2.05) is 0 Å². The summed E-state index contributed by atoms with van der Waals surface area (Å²) in [6.45, 7) is 0. The van der Waals surface area contributed by atoms with E-state index in [4.69, 9.17) is 15.9 Å². The lowest BCUT2D eigenvalue weighted by Gasteiger charge is -2.12. The second-order valence-corrected chi connectivity index (χ2v) is 5.09. The molecule has 0 aliphatic heterocycles. The fourth-order valence-electron chi connectivity index (χ4n) is 1.64. The van der Waals surface area contributed by atoms with E-state index in [0.29, 0.717) is 10.0 Å². The van der Waals surface area contributed by atoms with Gasteiger partial charge in [-0.15, -0.1) is 0 Å². The van der Waals surface area contributed by atoms with Crippen LogP contribution < -0.4 is 10.5 Å². The number of hydrogen-bond donors (Lipinski definition) is 2. The van der Waals surface area contributed by atoms with Crippen LogP contribution in [0.25, 0.3) is 0 Å². The zero-order valence-corrected chi connectivity index (χ0v) is 12.1. The molecule has 0 atom stereocenters. The lowest BCUT2D eigenvalue weighted by Crippen LogP contribution is -2.12. The predicted molar refractivity (Wildman–Crippen MR) is 76.7 cm³/mol. The number of ether oxygens (including phenoxy) is 1. The van der Waals surface area contributed by atoms with Crippen LogP contribution in [0.1, 0.15) is 11.1 Å². The highest BCUT2D eigenvalue weighted by molar-refractivity contribution is 9.10. The van der Waals surface area contributed by atoms with E-state index >= 15 is 0 Å². The first-order chi connectivity index (χ1) is 9.77. The smallest absolute Gasteiger partial charge is 0.416 e. The van der Waals surface area contributed by atoms with Crippen LogP contribution in [0.3, 0.4) is 0 Å². The van der Waals surface area contributed by atoms with Gasteiger partial charge in [-0.3, -0.25) is 5.41 Å². The molecular formula is C14H10BrF3N2O. The molecule has 0 radical (unpaired) electrons. The third-order valence-electron chi connectivity index (χ3n) is 2.64. The summed E-state index contributed by atoms with van der Waals surface area (Å²) in [5.74, 6) is 0.324. The Kier molecular flexibility index (Phi) is 4.22. The van der Waals surface area contributed by atoms with E-state index in [1.165, 1.54) is 12.1 Å². The maximum absolute atomic E-state index is 12.5. The maximum atomic E-state index is 12.5. The lowest BCUT2D eigenvalue weighted by atomic mass is 10.2. The highest BCUT2D eigenvalue weighted by Crippen LogP contribution is 2.32. The summed E-state index contributed by atoms with van der Waals surface area (Å²) in [5, 5.41) is 7.46. The molecular weight excluding hydrogens is 349 g/mol. The van der Waals surface area contributed by atoms with Crippen LogP contribution in [0.2, 0.25) is 0 Å². The molecule has 21 heavy (non-hydrogen) atoms. The number of nitrogens with one attached hydrogen (secondary N) is 1. The number of hydrogen-bond acceptors (Lipinski definition) is 2. The highest BCUT2D eigenvalue weighted by Gasteiger charge is 2.30. The SMILES string of the molecule is N=C(N)c1ccc(Br)cc1Oc1ccc(C(F)(F)F)cc1. The minimum absolute atomic E-state index is 0.190. The highest BCUT2D eigenvalue weighted by atomic mass is 79.9. The summed E-state index contributed by atoms with van der Waals surface area (Å²) in [6.07, 6.45) is -4.39. The Hall–Kier alpha value is -2.02. The molecule has 3 nitrogen and oxygen atoms in total. The van der Waals surface area contributed by atoms with Crippen molar-refractivity contribution in [2.24, 2.45) is 5.73 Å². The number of amidine groups is 1. The van der Waals surface area contributed by atoms with Gasteiger partial charge < -0.3 is 10.5 Å². The van der Waals surface area contributed by atoms with Crippen LogP contribution >= 0.6 is 15.9 Å². The van der Waals surface area contributed by atoms with Crippen LogP contribution in [0, 0.1) is 5.41 Å². The van der Waals surface area contributed by atoms with E-state index in [-0.39, 0.29) is 17.3 Å². The number of nitrogens with two attached hydrogens (primary N) is 1. The molecule has 0 aromatic heterocycles. The van der Waals surface area contributed by atoms with Crippen LogP contribution in [0.15, 0.2) is 46.9 Å². The van der Waals surface area contributed by atoms with Gasteiger partial charge in [0, 0.05) is 4.47 Å². The van der Waals surface area contributed by atoms with Crippen molar-refractivity contribution in [1.29, 1.82) is 5.41 Å². The van der Waals surface area contributed by atoms with Crippen molar-refractivity contribution in [2.75, 3.05) is 0 Å². The number of alkyl halides is 3. The summed E-state index contributed by atoms with van der Waals surface area (Å²) >= 11 is 3.26. The molecule has 0 heterocycles. The Bertz CT molecular complexity index is 669. The Morgan fingerprint density at radius 1 is 1.10 bits per heavy atom. The number of rotatable bonds is 3. The Morgan fingerprint density at radius 2 is 1.71 bits per heavy atom. The first kappa shape index (κ1) is 15.4. The largest absolute Gasteiger partial charge is 0.457 e. The first-order valence-electron chi connectivity index (χ1n) is 5.76. The lowest BCUT2D eigenvalue weighted by molar-refractivity contribution is -0.137. The molecule has 110 valence electrons. The second-order valence-electron chi connectivity index (χ2n) is 4.18. The van der Waals surface area contributed by atoms with Crippen molar-refractivity contribution in [3.63, 3.8) is 0 Å². The zero-order chi connectivity index (χ0) is 15.6. The average Bonchev–Trinajstić information content (AvgIpc) is 2.38. The molecule has 0 aliphatic rings. The fraction of sp³-hybridized carbons (Fsp3) is 0.0714. The van der Waals surface area contributed by atoms with Gasteiger partial charge in [0.2, 0.25) is 0 Å². The third kappa shape index (κ3) is 3.75. The molecule has 2 aromatic rings. The quantitative estimate of drug-likeness (QED) is 0.624. The predicted octanol–water partition coefficient (Wildman–Crippen LogP) is 4.54. The van der Waals surface area contributed by atoms with Gasteiger partial charge in [-0.1, -0.05) is 15.9 Å². The molecule has 3 N–H and O–H groups in total. The van der Waals surface area contributed by atoms with E-state index in [1.54, 1.807) is 18.2 Å². The minimum Gasteiger partial charge on any atom is -0.457 e. The fourth-order valence-corrected chi connectivity index (χ4v) is 1.98. The molecule has 0 saturated heterocycles. The average molecular weight is 359 g/mol. The van der Waals surface area contributed by atoms with Gasteiger partial charge in [0.05, 0.1) is 11.1 Å². The zero-order valence-electron chi connectivity index (χ0n) is 10.5. The Labute approximate surface area is 127 Å². The van der Waals surface area contributed by atoms with Gasteiger partial charge in [0.25, 0.3) is 0 Å². The monoisotopic (exact) mass is 358 g/mol. The van der Waals surface area contributed by atoms with Gasteiger partial charge in [-0.2, -0.15) is 13.2 Å². The molecule has 0 amide bonds. The van der Waals surface area contributed by atoms with E-state index in [0.717, 1.165) is 12.1 Å². The van der Waals surface area contributed by atoms with Crippen LogP contribution in [-0.4, -0.2) is 5.84 Å². The van der Waals surface area contributed by atoms with Gasteiger partial charge >= 0.3 is 6.18 Å². The molecule has 2 aromatic carbocycles. The molecule has 0 spiro atoms. The van der Waals surface area contributed by atoms with Gasteiger partial charge in [0.1, 0.15) is 17.3 Å². The molecule has 2 rings (SSSR count). The van der Waals surface area contributed by atoms with Crippen molar-refractivity contribution in [3.8, 4) is 11.5 Å². The maximum Gasteiger partial charge on any atom is 0.416 e. The summed E-state index contributed by atoms with van der Waals surface area (Å²) in [5.41, 5.74) is 5.04. The summed E-state index contributed by atoms with van der Waals surface area (Å²) < 4.78 is 43.6. The first-order valence-corrected chi connectivity index (χ1v) is 6.56. The van der Waals surface area contributed by atoms with Gasteiger partial charge in [-0.25, -0.2) is 0 Å². The van der Waals surface area contributed by atoms with Gasteiger partial charge in [0.15, 0.2) is 0 Å². The van der Waals surface area contributed by atoms with Crippen molar-refractivity contribution in [3.05, 3.63) is 58.1 Å². The van der Waals surface area contributed by atoms with Crippen molar-refractivity contribution >= 4 is 21.8 Å². The van der Waals surface area contributed by atoms with Crippen LogP contribution in [0.4, 0.5) is 13.2 Å². The second kappa shape index (κ2) is 5.77. The Morgan fingerprint density at radius 3 is 2.24 bits per heavy atom. The molecule has 0 saturated carbocycles. The Balaban J connectivity index is 2.30. The number of benzene rings is 2. The standard InChI is InChI=1S/C14H10BrF3N2O/c15-9-3-6-11(13(19)20)12(7-9)21-10-4-1-8(2-5-10)14(16,17)18/h1-7H,(H3,19,20). The van der Waals surface area contributed by atoms with Crippen molar-refractivity contribution in [2.45, 2.75) is 6.18 Å². The van der Waals surface area contributed by atoms with Gasteiger partial charge in [-0.05, 0) is 42.5 Å². The topological polar surface area (TPSA) is 59.1 Å². The normalized spacial score (nSPS) is 11.2. The summed E-state index contributed by atoms with van der Waals surface area (Å²) in [7, 11) is 0. The van der Waals surface area contributed by atoms with E-state index in [9.17, 15) is 13.2 Å². The van der Waals surface area contributed by atoms with E-state index < -0.39 is 11.7 Å². The summed E-state index contributed by atoms with van der Waals surface area (Å²) in [4.78, 5) is 0. The number of halogens is 4. The number of nitrogen functional groups attached to an aromatic ring is 1. The van der Waals surface area contributed by atoms with Crippen LogP contribution in [-0.2, 0) is 6.18 Å². The van der Waals surface area contributed by atoms with Crippen molar-refractivity contribution in [1.82, 2.24) is 0 Å². The molecule has 0 unspecified atom stereocenters. The van der Waals surface area contributed by atoms with Crippen molar-refractivity contribution < 1.29 is 17.9 Å². The van der Waals surface area contributed by atoms with E-state index in [2.05, 4.69) is 15.9 Å². The minimum atomic E-state index is -4.39. The molecule has 0 fully saturated rings. The molecule has 0 aliphatic carbocycles. The summed E-state index contributed by atoms with van der Waals surface area (Å²) in [6, 6.07) is 9.17.